The molecule has 5 rings (SSSR count). The van der Waals surface area contributed by atoms with E-state index in [2.05, 4.69) is 4.90 Å². The van der Waals surface area contributed by atoms with Crippen LogP contribution in [0.1, 0.15) is 30.1 Å². The van der Waals surface area contributed by atoms with Gasteiger partial charge >= 0.3 is 6.18 Å². The Labute approximate surface area is 201 Å². The molecule has 0 radical (unpaired) electrons. The smallest absolute Gasteiger partial charge is 0.416 e. The number of nitrogens with zero attached hydrogens (tertiary/aromatic N) is 4. The van der Waals surface area contributed by atoms with Crippen molar-refractivity contribution in [2.75, 3.05) is 57.3 Å². The number of ether oxygens (including phenoxy) is 3. The summed E-state index contributed by atoms with van der Waals surface area (Å²) in [5.74, 6) is 3.50. The van der Waals surface area contributed by atoms with E-state index in [4.69, 9.17) is 24.2 Å². The number of fused-ring (bicyclic) bond motifs is 1. The lowest BCUT2D eigenvalue weighted by atomic mass is 10.1. The van der Waals surface area contributed by atoms with Gasteiger partial charge in [0.05, 0.1) is 38.1 Å². The van der Waals surface area contributed by atoms with Gasteiger partial charge in [-0.05, 0) is 37.1 Å². The van der Waals surface area contributed by atoms with Gasteiger partial charge in [0, 0.05) is 43.5 Å². The summed E-state index contributed by atoms with van der Waals surface area (Å²) in [4.78, 5) is 14.0. The number of benzene rings is 2. The Hall–Kier alpha value is -3.43. The van der Waals surface area contributed by atoms with E-state index in [0.29, 0.717) is 49.3 Å². The van der Waals surface area contributed by atoms with Crippen LogP contribution in [0.25, 0.3) is 10.9 Å². The van der Waals surface area contributed by atoms with Crippen LogP contribution in [0.3, 0.4) is 0 Å². The van der Waals surface area contributed by atoms with Crippen LogP contribution >= 0.6 is 0 Å². The van der Waals surface area contributed by atoms with Crippen molar-refractivity contribution >= 4 is 22.4 Å². The highest BCUT2D eigenvalue weighted by atomic mass is 19.4. The van der Waals surface area contributed by atoms with E-state index in [9.17, 15) is 13.2 Å². The number of methoxy groups -OCH3 is 3. The lowest BCUT2D eigenvalue weighted by molar-refractivity contribution is -0.137. The van der Waals surface area contributed by atoms with Gasteiger partial charge < -0.3 is 24.0 Å². The minimum atomic E-state index is -4.42. The quantitative estimate of drug-likeness (QED) is 0.490. The topological polar surface area (TPSA) is 60.0 Å². The Bertz CT molecular complexity index is 1240. The van der Waals surface area contributed by atoms with Crippen LogP contribution in [0.4, 0.5) is 24.7 Å². The van der Waals surface area contributed by atoms with E-state index in [1.54, 1.807) is 14.2 Å². The number of alkyl halides is 3. The molecule has 0 amide bonds. The highest BCUT2D eigenvalue weighted by Gasteiger charge is 2.33. The molecule has 0 atom stereocenters. The molecule has 1 aliphatic carbocycles. The molecule has 1 aliphatic heterocycles. The Morgan fingerprint density at radius 2 is 1.43 bits per heavy atom. The SMILES string of the molecule is COc1cc2nc(C3CC3)nc(N3CCN(c4ccc(C(F)(F)F)cc4OC)CC3)c2cc1OC. The normalized spacial score (nSPS) is 16.5. The summed E-state index contributed by atoms with van der Waals surface area (Å²) in [7, 11) is 4.59. The van der Waals surface area contributed by atoms with Gasteiger partial charge in [-0.1, -0.05) is 0 Å². The lowest BCUT2D eigenvalue weighted by Gasteiger charge is -2.37. The van der Waals surface area contributed by atoms with E-state index in [1.807, 2.05) is 17.0 Å². The third-order valence-electron chi connectivity index (χ3n) is 6.57. The highest BCUT2D eigenvalue weighted by molar-refractivity contribution is 5.92. The minimum Gasteiger partial charge on any atom is -0.495 e. The Morgan fingerprint density at radius 1 is 0.800 bits per heavy atom. The van der Waals surface area contributed by atoms with Gasteiger partial charge in [-0.25, -0.2) is 9.97 Å². The number of halogens is 3. The summed E-state index contributed by atoms with van der Waals surface area (Å²) in [6.45, 7) is 2.52. The fourth-order valence-electron chi connectivity index (χ4n) is 4.50. The van der Waals surface area contributed by atoms with Crippen molar-refractivity contribution < 1.29 is 27.4 Å². The molecule has 1 saturated carbocycles. The van der Waals surface area contributed by atoms with Crippen LogP contribution in [0, 0.1) is 0 Å². The molecule has 2 fully saturated rings. The molecule has 1 aromatic heterocycles. The molecule has 0 bridgehead atoms. The van der Waals surface area contributed by atoms with Crippen molar-refractivity contribution in [2.45, 2.75) is 24.9 Å². The molecule has 10 heteroatoms. The van der Waals surface area contributed by atoms with Gasteiger partial charge in [0.1, 0.15) is 17.4 Å². The zero-order chi connectivity index (χ0) is 24.7. The second kappa shape index (κ2) is 8.98. The fourth-order valence-corrected chi connectivity index (χ4v) is 4.50. The summed E-state index contributed by atoms with van der Waals surface area (Å²) < 4.78 is 55.7. The molecule has 7 nitrogen and oxygen atoms in total. The third kappa shape index (κ3) is 4.49. The molecule has 0 spiro atoms. The highest BCUT2D eigenvalue weighted by Crippen LogP contribution is 2.42. The number of aromatic nitrogens is 2. The molecule has 2 aromatic carbocycles. The molecule has 0 unspecified atom stereocenters. The number of hydrogen-bond donors (Lipinski definition) is 0. The van der Waals surface area contributed by atoms with E-state index in [1.165, 1.54) is 13.2 Å². The number of anilines is 2. The molecule has 3 aromatic rings. The molecule has 186 valence electrons. The van der Waals surface area contributed by atoms with Crippen molar-refractivity contribution in [3.05, 3.63) is 41.7 Å². The Morgan fingerprint density at radius 3 is 2.03 bits per heavy atom. The summed E-state index contributed by atoms with van der Waals surface area (Å²) in [6.07, 6.45) is -2.25. The Balaban J connectivity index is 1.44. The fraction of sp³-hybridized carbons (Fsp3) is 0.440. The van der Waals surface area contributed by atoms with Crippen LogP contribution in [-0.4, -0.2) is 57.5 Å². The van der Waals surface area contributed by atoms with Gasteiger partial charge in [0.2, 0.25) is 0 Å². The van der Waals surface area contributed by atoms with E-state index >= 15 is 0 Å². The van der Waals surface area contributed by atoms with Crippen LogP contribution < -0.4 is 24.0 Å². The zero-order valence-corrected chi connectivity index (χ0v) is 19.9. The Kier molecular flexibility index (Phi) is 5.98. The maximum Gasteiger partial charge on any atom is 0.416 e. The van der Waals surface area contributed by atoms with Crippen molar-refractivity contribution in [1.82, 2.24) is 9.97 Å². The van der Waals surface area contributed by atoms with Crippen molar-refractivity contribution in [3.63, 3.8) is 0 Å². The summed E-state index contributed by atoms with van der Waals surface area (Å²) in [5.41, 5.74) is 0.736. The molecule has 35 heavy (non-hydrogen) atoms. The molecule has 2 heterocycles. The molecule has 0 N–H and O–H groups in total. The first kappa shape index (κ1) is 23.3. The zero-order valence-electron chi connectivity index (χ0n) is 19.9. The molecular weight excluding hydrogens is 461 g/mol. The van der Waals surface area contributed by atoms with Gasteiger partial charge in [-0.15, -0.1) is 0 Å². The second-order valence-corrected chi connectivity index (χ2v) is 8.76. The molecule has 2 aliphatic rings. The van der Waals surface area contributed by atoms with Gasteiger partial charge in [0.25, 0.3) is 0 Å². The van der Waals surface area contributed by atoms with Gasteiger partial charge in [0.15, 0.2) is 11.5 Å². The van der Waals surface area contributed by atoms with Crippen LogP contribution in [0.15, 0.2) is 30.3 Å². The minimum absolute atomic E-state index is 0.216. The maximum absolute atomic E-state index is 13.1. The summed E-state index contributed by atoms with van der Waals surface area (Å²) in [6, 6.07) is 7.44. The second-order valence-electron chi connectivity index (χ2n) is 8.76. The largest absolute Gasteiger partial charge is 0.495 e. The standard InChI is InChI=1S/C25H27F3N4O3/c1-33-20-12-16(25(26,27)28)6-7-19(20)31-8-10-32(11-9-31)24-17-13-21(34-2)22(35-3)14-18(17)29-23(30-24)15-4-5-15/h6-7,12-15H,4-5,8-11H2,1-3H3. The predicted octanol–water partition coefficient (Wildman–Crippen LogP) is 4.88. The van der Waals surface area contributed by atoms with Crippen LogP contribution in [0.5, 0.6) is 17.2 Å². The maximum atomic E-state index is 13.1. The van der Waals surface area contributed by atoms with Crippen LogP contribution in [-0.2, 0) is 6.18 Å². The summed E-state index contributed by atoms with van der Waals surface area (Å²) >= 11 is 0. The van der Waals surface area contributed by atoms with Crippen molar-refractivity contribution in [1.29, 1.82) is 0 Å². The average molecular weight is 489 g/mol. The number of hydrogen-bond acceptors (Lipinski definition) is 7. The first-order chi connectivity index (χ1) is 16.8. The first-order valence-electron chi connectivity index (χ1n) is 11.5. The van der Waals surface area contributed by atoms with E-state index in [0.717, 1.165) is 47.5 Å². The van der Waals surface area contributed by atoms with Crippen molar-refractivity contribution in [3.8, 4) is 17.2 Å². The predicted molar refractivity (Wildman–Crippen MR) is 127 cm³/mol. The number of piperazine rings is 1. The first-order valence-corrected chi connectivity index (χ1v) is 11.5. The van der Waals surface area contributed by atoms with E-state index in [-0.39, 0.29) is 5.75 Å². The monoisotopic (exact) mass is 488 g/mol. The number of rotatable bonds is 6. The van der Waals surface area contributed by atoms with Gasteiger partial charge in [-0.3, -0.25) is 0 Å². The van der Waals surface area contributed by atoms with Crippen LogP contribution in [0.2, 0.25) is 0 Å². The van der Waals surface area contributed by atoms with E-state index < -0.39 is 11.7 Å². The third-order valence-corrected chi connectivity index (χ3v) is 6.57. The van der Waals surface area contributed by atoms with Gasteiger partial charge in [-0.2, -0.15) is 13.2 Å². The van der Waals surface area contributed by atoms with Crippen molar-refractivity contribution in [2.24, 2.45) is 0 Å². The molecular formula is C25H27F3N4O3. The summed E-state index contributed by atoms with van der Waals surface area (Å²) in [5, 5.41) is 0.882. The lowest BCUT2D eigenvalue weighted by Crippen LogP contribution is -2.47. The average Bonchev–Trinajstić information content (AvgIpc) is 3.72. The molecule has 1 saturated heterocycles.